The van der Waals surface area contributed by atoms with Gasteiger partial charge in [-0.2, -0.15) is 5.10 Å². The van der Waals surface area contributed by atoms with Crippen molar-refractivity contribution in [3.8, 4) is 33.6 Å². The summed E-state index contributed by atoms with van der Waals surface area (Å²) in [6, 6.07) is 18.3. The van der Waals surface area contributed by atoms with Crippen LogP contribution in [0.2, 0.25) is 5.02 Å². The number of carbonyl (C=O) groups excluding carboxylic acids is 2. The number of aryl methyl sites for hydroxylation is 1. The lowest BCUT2D eigenvalue weighted by atomic mass is 10.1. The Morgan fingerprint density at radius 1 is 0.872 bits per heavy atom. The van der Waals surface area contributed by atoms with Crippen molar-refractivity contribution in [3.63, 3.8) is 0 Å². The van der Waals surface area contributed by atoms with Crippen LogP contribution in [-0.4, -0.2) is 54.5 Å². The molecule has 2 aromatic heterocycles. The lowest BCUT2D eigenvalue weighted by Crippen LogP contribution is -2.25. The zero-order valence-corrected chi connectivity index (χ0v) is 27.6. The number of rotatable bonds is 15. The molecule has 0 bridgehead atoms. The number of methoxy groups -OCH3 is 3. The minimum absolute atomic E-state index is 0.148. The second-order valence-corrected chi connectivity index (χ2v) is 11.6. The van der Waals surface area contributed by atoms with Gasteiger partial charge in [-0.25, -0.2) is 9.78 Å². The van der Waals surface area contributed by atoms with E-state index in [1.54, 1.807) is 37.2 Å². The highest BCUT2D eigenvalue weighted by molar-refractivity contribution is 7.16. The summed E-state index contributed by atoms with van der Waals surface area (Å²) in [7, 11) is 4.55. The molecule has 0 aliphatic rings. The molecule has 0 unspecified atom stereocenters. The summed E-state index contributed by atoms with van der Waals surface area (Å²) < 4.78 is 29.2. The van der Waals surface area contributed by atoms with Crippen LogP contribution >= 0.6 is 22.9 Å². The van der Waals surface area contributed by atoms with E-state index in [1.807, 2.05) is 54.7 Å². The summed E-state index contributed by atoms with van der Waals surface area (Å²) in [5, 5.41) is 8.11. The Morgan fingerprint density at radius 3 is 2.17 bits per heavy atom. The maximum absolute atomic E-state index is 13.2. The van der Waals surface area contributed by atoms with Gasteiger partial charge in [0.15, 0.2) is 11.5 Å². The van der Waals surface area contributed by atoms with Crippen LogP contribution in [0.3, 0.4) is 0 Å². The number of thiazole rings is 1. The van der Waals surface area contributed by atoms with Crippen molar-refractivity contribution < 1.29 is 33.3 Å². The summed E-state index contributed by atoms with van der Waals surface area (Å²) in [4.78, 5) is 29.6. The number of aromatic nitrogens is 3. The lowest BCUT2D eigenvalue weighted by molar-refractivity contribution is 0.0606. The third-order valence-electron chi connectivity index (χ3n) is 7.02. The normalized spacial score (nSPS) is 10.7. The van der Waals surface area contributed by atoms with E-state index in [-0.39, 0.29) is 35.5 Å². The number of halogens is 1. The highest BCUT2D eigenvalue weighted by Crippen LogP contribution is 2.39. The van der Waals surface area contributed by atoms with Crippen molar-refractivity contribution in [2.24, 2.45) is 0 Å². The summed E-state index contributed by atoms with van der Waals surface area (Å²) in [5.41, 5.74) is 2.86. The Hall–Kier alpha value is -5.07. The van der Waals surface area contributed by atoms with E-state index in [9.17, 15) is 9.59 Å². The van der Waals surface area contributed by atoms with Crippen molar-refractivity contribution >= 4 is 34.8 Å². The number of carbonyl (C=O) groups is 2. The van der Waals surface area contributed by atoms with Crippen molar-refractivity contribution in [2.45, 2.75) is 26.2 Å². The van der Waals surface area contributed by atoms with Gasteiger partial charge in [0.05, 0.1) is 44.3 Å². The Kier molecular flexibility index (Phi) is 11.3. The molecule has 1 amide bonds. The number of amides is 1. The van der Waals surface area contributed by atoms with E-state index in [2.05, 4.69) is 15.4 Å². The molecule has 0 aliphatic carbocycles. The van der Waals surface area contributed by atoms with Crippen molar-refractivity contribution in [2.75, 3.05) is 27.9 Å². The Balaban J connectivity index is 1.22. The second-order valence-electron chi connectivity index (χ2n) is 10.2. The summed E-state index contributed by atoms with van der Waals surface area (Å²) >= 11 is 8.03. The van der Waals surface area contributed by atoms with Crippen LogP contribution in [0.25, 0.3) is 10.6 Å². The first kappa shape index (κ1) is 33.3. The average Bonchev–Trinajstić information content (AvgIpc) is 3.79. The van der Waals surface area contributed by atoms with Crippen molar-refractivity contribution in [1.82, 2.24) is 20.1 Å². The average molecular weight is 677 g/mol. The largest absolute Gasteiger partial charge is 0.497 e. The van der Waals surface area contributed by atoms with Gasteiger partial charge in [0.25, 0.3) is 5.91 Å². The maximum Gasteiger partial charge on any atom is 0.349 e. The van der Waals surface area contributed by atoms with Gasteiger partial charge in [-0.05, 0) is 53.9 Å². The Morgan fingerprint density at radius 2 is 1.53 bits per heavy atom. The van der Waals surface area contributed by atoms with Crippen LogP contribution in [0.5, 0.6) is 23.0 Å². The van der Waals surface area contributed by atoms with Gasteiger partial charge in [0.2, 0.25) is 0 Å². The molecule has 0 atom stereocenters. The quantitative estimate of drug-likeness (QED) is 0.0985. The molecule has 0 saturated carbocycles. The number of ether oxygens (including phenoxy) is 5. The van der Waals surface area contributed by atoms with E-state index in [0.29, 0.717) is 35.1 Å². The molecule has 0 saturated heterocycles. The topological polar surface area (TPSA) is 123 Å². The number of hydrogen-bond acceptors (Lipinski definition) is 10. The molecule has 244 valence electrons. The zero-order valence-electron chi connectivity index (χ0n) is 26.0. The molecule has 0 spiro atoms. The Labute approximate surface area is 281 Å². The first-order valence-electron chi connectivity index (χ1n) is 14.6. The third kappa shape index (κ3) is 8.60. The summed E-state index contributed by atoms with van der Waals surface area (Å²) in [6.45, 7) is 1.39. The van der Waals surface area contributed by atoms with Gasteiger partial charge in [-0.15, -0.1) is 11.3 Å². The second kappa shape index (κ2) is 16.0. The molecule has 13 heteroatoms. The van der Waals surface area contributed by atoms with Gasteiger partial charge in [-0.3, -0.25) is 9.48 Å². The van der Waals surface area contributed by atoms with Crippen LogP contribution < -0.4 is 24.3 Å². The number of hydrogen-bond donors (Lipinski definition) is 1. The standard InChI is InChI=1S/C34H33ClN4O7S/c1-42-25-9-5-22(6-10-25)20-45-28-14-13-27(30(35)31(28)46-21-23-7-11-26(43-2)12-8-23)32(40)36-15-4-16-39-19-24(17-38-39)33-37-18-29(47-33)34(41)44-3/h5-14,17-19H,4,15-16,20-21H2,1-3H3,(H,36,40). The fraction of sp³-hybridized carbons (Fsp3) is 0.235. The highest BCUT2D eigenvalue weighted by Gasteiger charge is 2.20. The van der Waals surface area contributed by atoms with Crippen LogP contribution in [0.15, 0.2) is 79.3 Å². The van der Waals surface area contributed by atoms with Crippen LogP contribution in [0.1, 0.15) is 37.6 Å². The van der Waals surface area contributed by atoms with Gasteiger partial charge >= 0.3 is 5.97 Å². The van der Waals surface area contributed by atoms with Crippen molar-refractivity contribution in [1.29, 1.82) is 0 Å². The van der Waals surface area contributed by atoms with Gasteiger partial charge in [0, 0.05) is 24.8 Å². The molecule has 1 N–H and O–H groups in total. The molecule has 11 nitrogen and oxygen atoms in total. The minimum atomic E-state index is -0.427. The van der Waals surface area contributed by atoms with E-state index in [4.69, 9.17) is 35.3 Å². The predicted molar refractivity (Wildman–Crippen MR) is 178 cm³/mol. The molecule has 5 rings (SSSR count). The first-order valence-corrected chi connectivity index (χ1v) is 15.8. The fourth-order valence-electron chi connectivity index (χ4n) is 4.46. The van der Waals surface area contributed by atoms with E-state index >= 15 is 0 Å². The number of nitrogens with one attached hydrogen (secondary N) is 1. The summed E-state index contributed by atoms with van der Waals surface area (Å²) in [5.74, 6) is 1.38. The molecule has 5 aromatic rings. The van der Waals surface area contributed by atoms with Crippen LogP contribution in [0.4, 0.5) is 0 Å². The Bertz CT molecular complexity index is 1810. The monoisotopic (exact) mass is 676 g/mol. The first-order chi connectivity index (χ1) is 22.9. The van der Waals surface area contributed by atoms with Crippen molar-refractivity contribution in [3.05, 3.63) is 106 Å². The van der Waals surface area contributed by atoms with E-state index in [0.717, 1.165) is 28.2 Å². The van der Waals surface area contributed by atoms with Crippen LogP contribution in [0, 0.1) is 0 Å². The van der Waals surface area contributed by atoms with Gasteiger partial charge in [0.1, 0.15) is 34.6 Å². The van der Waals surface area contributed by atoms with E-state index in [1.165, 1.54) is 24.6 Å². The molecular weight excluding hydrogens is 644 g/mol. The molecular formula is C34H33ClN4O7S. The number of esters is 1. The smallest absolute Gasteiger partial charge is 0.349 e. The zero-order chi connectivity index (χ0) is 33.2. The number of benzene rings is 3. The maximum atomic E-state index is 13.2. The van der Waals surface area contributed by atoms with Gasteiger partial charge < -0.3 is 29.0 Å². The predicted octanol–water partition coefficient (Wildman–Crippen LogP) is 6.44. The SMILES string of the molecule is COC(=O)c1cnc(-c2cnn(CCCNC(=O)c3ccc(OCc4ccc(OC)cc4)c(OCc4ccc(OC)cc4)c3Cl)c2)s1. The molecule has 0 fully saturated rings. The van der Waals surface area contributed by atoms with E-state index < -0.39 is 5.97 Å². The third-order valence-corrected chi connectivity index (χ3v) is 8.42. The molecule has 2 heterocycles. The minimum Gasteiger partial charge on any atom is -0.497 e. The lowest BCUT2D eigenvalue weighted by Gasteiger charge is -2.17. The molecule has 47 heavy (non-hydrogen) atoms. The fourth-order valence-corrected chi connectivity index (χ4v) is 5.56. The molecule has 0 radical (unpaired) electrons. The highest BCUT2D eigenvalue weighted by atomic mass is 35.5. The summed E-state index contributed by atoms with van der Waals surface area (Å²) in [6.07, 6.45) is 5.62. The van der Waals surface area contributed by atoms with Crippen LogP contribution in [-0.2, 0) is 24.5 Å². The molecule has 3 aromatic carbocycles. The molecule has 0 aliphatic heterocycles. The van der Waals surface area contributed by atoms with Gasteiger partial charge in [-0.1, -0.05) is 35.9 Å². The number of nitrogens with zero attached hydrogens (tertiary/aromatic N) is 3.